The minimum atomic E-state index is -1.59. The van der Waals surface area contributed by atoms with E-state index < -0.39 is 23.5 Å². The highest BCUT2D eigenvalue weighted by molar-refractivity contribution is 5.89. The Balaban J connectivity index is 1.59. The van der Waals surface area contributed by atoms with E-state index in [1.165, 1.54) is 10.5 Å². The van der Waals surface area contributed by atoms with Gasteiger partial charge < -0.3 is 10.2 Å². The molecule has 1 N–H and O–H groups in total. The molecule has 0 atom stereocenters. The summed E-state index contributed by atoms with van der Waals surface area (Å²) >= 11 is 0. The number of anilines is 1. The molecule has 0 radical (unpaired) electrons. The van der Waals surface area contributed by atoms with Crippen molar-refractivity contribution in [3.8, 4) is 0 Å². The molecule has 0 spiro atoms. The summed E-state index contributed by atoms with van der Waals surface area (Å²) in [5.74, 6) is -3.78. The van der Waals surface area contributed by atoms with Gasteiger partial charge in [-0.15, -0.1) is 0 Å². The fraction of sp³-hybridized carbons (Fsp3) is 0.350. The van der Waals surface area contributed by atoms with E-state index in [4.69, 9.17) is 0 Å². The van der Waals surface area contributed by atoms with Gasteiger partial charge in [0.15, 0.2) is 17.5 Å². The highest BCUT2D eigenvalue weighted by atomic mass is 19.2. The van der Waals surface area contributed by atoms with Gasteiger partial charge in [-0.1, -0.05) is 30.3 Å². The van der Waals surface area contributed by atoms with Crippen LogP contribution >= 0.6 is 0 Å². The number of hydrogen-bond donors (Lipinski definition) is 1. The Morgan fingerprint density at radius 1 is 0.962 bits per heavy atom. The van der Waals surface area contributed by atoms with E-state index in [0.29, 0.717) is 5.92 Å². The van der Waals surface area contributed by atoms with Crippen LogP contribution in [0.3, 0.4) is 0 Å². The first-order valence-electron chi connectivity index (χ1n) is 8.69. The first-order chi connectivity index (χ1) is 12.5. The molecule has 2 aromatic carbocycles. The lowest BCUT2D eigenvalue weighted by atomic mass is 9.81. The van der Waals surface area contributed by atoms with Crippen LogP contribution in [0.25, 0.3) is 0 Å². The summed E-state index contributed by atoms with van der Waals surface area (Å²) in [7, 11) is 1.64. The van der Waals surface area contributed by atoms with E-state index in [2.05, 4.69) is 17.4 Å². The van der Waals surface area contributed by atoms with E-state index >= 15 is 0 Å². The zero-order valence-electron chi connectivity index (χ0n) is 14.5. The maximum absolute atomic E-state index is 13.7. The average Bonchev–Trinajstić information content (AvgIpc) is 2.68. The number of nitrogens with zero attached hydrogens (tertiary/aromatic N) is 1. The maximum Gasteiger partial charge on any atom is 0.321 e. The van der Waals surface area contributed by atoms with E-state index in [1.807, 2.05) is 18.2 Å². The maximum atomic E-state index is 13.7. The van der Waals surface area contributed by atoms with Crippen LogP contribution in [0.4, 0.5) is 23.7 Å². The van der Waals surface area contributed by atoms with Gasteiger partial charge in [-0.3, -0.25) is 0 Å². The van der Waals surface area contributed by atoms with Crippen LogP contribution < -0.4 is 5.32 Å². The number of benzene rings is 2. The number of amides is 2. The second-order valence-corrected chi connectivity index (χ2v) is 6.68. The number of carbonyl (C=O) groups is 1. The average molecular weight is 362 g/mol. The van der Waals surface area contributed by atoms with Gasteiger partial charge in [-0.2, -0.15) is 0 Å². The number of rotatable bonds is 3. The van der Waals surface area contributed by atoms with Crippen molar-refractivity contribution in [2.45, 2.75) is 37.6 Å². The van der Waals surface area contributed by atoms with Crippen molar-refractivity contribution in [3.63, 3.8) is 0 Å². The topological polar surface area (TPSA) is 32.3 Å². The predicted octanol–water partition coefficient (Wildman–Crippen LogP) is 5.29. The molecule has 1 aliphatic carbocycles. The van der Waals surface area contributed by atoms with E-state index in [9.17, 15) is 18.0 Å². The predicted molar refractivity (Wildman–Crippen MR) is 94.5 cm³/mol. The van der Waals surface area contributed by atoms with Crippen LogP contribution in [0.5, 0.6) is 0 Å². The summed E-state index contributed by atoms with van der Waals surface area (Å²) in [6.07, 6.45) is 3.60. The largest absolute Gasteiger partial charge is 0.325 e. The quantitative estimate of drug-likeness (QED) is 0.739. The fourth-order valence-corrected chi connectivity index (χ4v) is 3.51. The van der Waals surface area contributed by atoms with Crippen LogP contribution in [0.15, 0.2) is 42.5 Å². The Labute approximate surface area is 150 Å². The highest BCUT2D eigenvalue weighted by Gasteiger charge is 2.28. The fourth-order valence-electron chi connectivity index (χ4n) is 3.51. The van der Waals surface area contributed by atoms with Gasteiger partial charge >= 0.3 is 6.03 Å². The Bertz CT molecular complexity index is 774. The highest BCUT2D eigenvalue weighted by Crippen LogP contribution is 2.34. The van der Waals surface area contributed by atoms with Crippen molar-refractivity contribution in [1.82, 2.24) is 4.90 Å². The second kappa shape index (κ2) is 7.81. The molecule has 3 rings (SSSR count). The lowest BCUT2D eigenvalue weighted by Gasteiger charge is -2.35. The van der Waals surface area contributed by atoms with Gasteiger partial charge in [-0.25, -0.2) is 18.0 Å². The normalized spacial score (nSPS) is 19.8. The van der Waals surface area contributed by atoms with E-state index in [-0.39, 0.29) is 11.7 Å². The van der Waals surface area contributed by atoms with Crippen LogP contribution in [0.1, 0.15) is 37.2 Å². The first-order valence-corrected chi connectivity index (χ1v) is 8.69. The lowest BCUT2D eigenvalue weighted by Crippen LogP contribution is -2.41. The van der Waals surface area contributed by atoms with Crippen molar-refractivity contribution in [3.05, 3.63) is 65.5 Å². The van der Waals surface area contributed by atoms with E-state index in [1.54, 1.807) is 7.05 Å². The molecule has 0 bridgehead atoms. The molecule has 138 valence electrons. The minimum Gasteiger partial charge on any atom is -0.325 e. The number of halogens is 3. The van der Waals surface area contributed by atoms with Crippen LogP contribution in [0, 0.1) is 17.5 Å². The molecule has 1 saturated carbocycles. The second-order valence-electron chi connectivity index (χ2n) is 6.68. The molecule has 0 aliphatic heterocycles. The smallest absolute Gasteiger partial charge is 0.321 e. The molecule has 0 aromatic heterocycles. The third-order valence-electron chi connectivity index (χ3n) is 5.11. The zero-order chi connectivity index (χ0) is 18.7. The van der Waals surface area contributed by atoms with Crippen LogP contribution in [0.2, 0.25) is 0 Å². The third kappa shape index (κ3) is 3.84. The molecule has 1 aliphatic rings. The molecule has 0 unspecified atom stereocenters. The summed E-state index contributed by atoms with van der Waals surface area (Å²) in [5.41, 5.74) is 0.945. The number of nitrogens with one attached hydrogen (secondary N) is 1. The SMILES string of the molecule is CN(C(=O)Nc1ccc(F)c(F)c1F)C1CCC(c2ccccc2)CC1. The molecule has 3 nitrogen and oxygen atoms in total. The van der Waals surface area contributed by atoms with Crippen LogP contribution in [-0.4, -0.2) is 24.0 Å². The molecule has 6 heteroatoms. The summed E-state index contributed by atoms with van der Waals surface area (Å²) in [6.45, 7) is 0. The Morgan fingerprint density at radius 2 is 1.62 bits per heavy atom. The number of carbonyl (C=O) groups excluding carboxylic acids is 1. The number of urea groups is 1. The molecule has 0 heterocycles. The van der Waals surface area contributed by atoms with Crippen molar-refractivity contribution < 1.29 is 18.0 Å². The minimum absolute atomic E-state index is 0.0309. The van der Waals surface area contributed by atoms with Gasteiger partial charge in [0, 0.05) is 13.1 Å². The lowest BCUT2D eigenvalue weighted by molar-refractivity contribution is 0.181. The molecular weight excluding hydrogens is 341 g/mol. The monoisotopic (exact) mass is 362 g/mol. The van der Waals surface area contributed by atoms with Gasteiger partial charge in [0.2, 0.25) is 0 Å². The summed E-state index contributed by atoms with van der Waals surface area (Å²) in [4.78, 5) is 13.9. The summed E-state index contributed by atoms with van der Waals surface area (Å²) < 4.78 is 40.0. The summed E-state index contributed by atoms with van der Waals surface area (Å²) in [6, 6.07) is 11.6. The molecule has 2 amide bonds. The number of hydrogen-bond acceptors (Lipinski definition) is 1. The summed E-state index contributed by atoms with van der Waals surface area (Å²) in [5, 5.41) is 2.32. The Kier molecular flexibility index (Phi) is 5.49. The molecular formula is C20H21F3N2O. The molecule has 2 aromatic rings. The Hall–Kier alpha value is -2.50. The molecule has 0 saturated heterocycles. The van der Waals surface area contributed by atoms with Crippen LogP contribution in [-0.2, 0) is 0 Å². The van der Waals surface area contributed by atoms with Crippen molar-refractivity contribution >= 4 is 11.7 Å². The van der Waals surface area contributed by atoms with Crippen molar-refractivity contribution in [1.29, 1.82) is 0 Å². The Morgan fingerprint density at radius 3 is 2.27 bits per heavy atom. The third-order valence-corrected chi connectivity index (χ3v) is 5.11. The van der Waals surface area contributed by atoms with Gasteiger partial charge in [0.25, 0.3) is 0 Å². The van der Waals surface area contributed by atoms with Gasteiger partial charge in [0.05, 0.1) is 5.69 Å². The zero-order valence-corrected chi connectivity index (χ0v) is 14.5. The first kappa shape index (κ1) is 18.3. The molecule has 26 heavy (non-hydrogen) atoms. The molecule has 1 fully saturated rings. The van der Waals surface area contributed by atoms with E-state index in [0.717, 1.165) is 37.8 Å². The van der Waals surface area contributed by atoms with Crippen molar-refractivity contribution in [2.75, 3.05) is 12.4 Å². The van der Waals surface area contributed by atoms with Gasteiger partial charge in [0.1, 0.15) is 0 Å². The standard InChI is InChI=1S/C20H21F3N2O/c1-25(20(26)24-17-12-11-16(21)18(22)19(17)23)15-9-7-14(8-10-15)13-5-3-2-4-6-13/h2-6,11-12,14-15H,7-10H2,1H3,(H,24,26). The van der Waals surface area contributed by atoms with Crippen molar-refractivity contribution in [2.24, 2.45) is 0 Å². The van der Waals surface area contributed by atoms with Gasteiger partial charge in [-0.05, 0) is 49.3 Å².